The predicted molar refractivity (Wildman–Crippen MR) is 59.4 cm³/mol. The number of nitrogens with two attached hydrogens (primary N) is 1. The van der Waals surface area contributed by atoms with Crippen molar-refractivity contribution < 1.29 is 5.11 Å². The zero-order chi connectivity index (χ0) is 10.7. The molecule has 1 fully saturated rings. The van der Waals surface area contributed by atoms with Gasteiger partial charge in [0.15, 0.2) is 0 Å². The Hall–Kier alpha value is -0.930. The maximum atomic E-state index is 10.1. The van der Waals surface area contributed by atoms with Crippen molar-refractivity contribution in [3.63, 3.8) is 0 Å². The third-order valence-electron chi connectivity index (χ3n) is 3.10. The van der Waals surface area contributed by atoms with E-state index in [2.05, 4.69) is 4.98 Å². The molecular formula is C12H18N2O. The molecule has 1 saturated carbocycles. The van der Waals surface area contributed by atoms with Gasteiger partial charge in [-0.2, -0.15) is 0 Å². The normalized spacial score (nSPS) is 19.9. The molecule has 1 aliphatic carbocycles. The van der Waals surface area contributed by atoms with Gasteiger partial charge in [-0.3, -0.25) is 4.98 Å². The quantitative estimate of drug-likeness (QED) is 0.763. The minimum atomic E-state index is -0.313. The van der Waals surface area contributed by atoms with Crippen LogP contribution in [0.2, 0.25) is 0 Å². The Morgan fingerprint density at radius 2 is 2.33 bits per heavy atom. The molecule has 15 heavy (non-hydrogen) atoms. The zero-order valence-electron chi connectivity index (χ0n) is 8.84. The number of aliphatic hydroxyl groups is 1. The van der Waals surface area contributed by atoms with E-state index in [4.69, 9.17) is 5.73 Å². The fourth-order valence-corrected chi connectivity index (χ4v) is 1.97. The van der Waals surface area contributed by atoms with Crippen molar-refractivity contribution in [3.8, 4) is 0 Å². The van der Waals surface area contributed by atoms with Crippen LogP contribution in [0.25, 0.3) is 0 Å². The van der Waals surface area contributed by atoms with Gasteiger partial charge in [0.1, 0.15) is 0 Å². The summed E-state index contributed by atoms with van der Waals surface area (Å²) in [7, 11) is 0. The second-order valence-electron chi connectivity index (χ2n) is 4.37. The first-order valence-corrected chi connectivity index (χ1v) is 5.59. The van der Waals surface area contributed by atoms with Crippen LogP contribution in [0.5, 0.6) is 0 Å². The molecule has 2 atom stereocenters. The molecule has 0 aliphatic heterocycles. The van der Waals surface area contributed by atoms with Gasteiger partial charge in [0.25, 0.3) is 0 Å². The fourth-order valence-electron chi connectivity index (χ4n) is 1.97. The van der Waals surface area contributed by atoms with E-state index in [1.165, 1.54) is 12.8 Å². The first-order chi connectivity index (χ1) is 7.31. The average molecular weight is 206 g/mol. The van der Waals surface area contributed by atoms with Crippen LogP contribution in [0, 0.1) is 5.92 Å². The van der Waals surface area contributed by atoms with E-state index in [9.17, 15) is 5.11 Å². The van der Waals surface area contributed by atoms with E-state index < -0.39 is 0 Å². The Balaban J connectivity index is 2.01. The molecular weight excluding hydrogens is 188 g/mol. The molecule has 0 bridgehead atoms. The van der Waals surface area contributed by atoms with Gasteiger partial charge in [0.2, 0.25) is 0 Å². The summed E-state index contributed by atoms with van der Waals surface area (Å²) in [5, 5.41) is 10.1. The first-order valence-electron chi connectivity index (χ1n) is 5.59. The summed E-state index contributed by atoms with van der Waals surface area (Å²) < 4.78 is 0. The van der Waals surface area contributed by atoms with Crippen LogP contribution in [0.1, 0.15) is 30.7 Å². The van der Waals surface area contributed by atoms with Crippen molar-refractivity contribution in [2.75, 3.05) is 6.54 Å². The third kappa shape index (κ3) is 2.76. The largest absolute Gasteiger partial charge is 0.392 e. The smallest absolute Gasteiger partial charge is 0.0624 e. The SMILES string of the molecule is NCC(c1cccnc1)C(O)CC1CC1. The summed E-state index contributed by atoms with van der Waals surface area (Å²) in [6, 6.07) is 3.88. The summed E-state index contributed by atoms with van der Waals surface area (Å²) in [5.41, 5.74) is 6.76. The number of aromatic nitrogens is 1. The molecule has 0 saturated heterocycles. The Morgan fingerprint density at radius 3 is 2.87 bits per heavy atom. The lowest BCUT2D eigenvalue weighted by atomic mass is 9.91. The van der Waals surface area contributed by atoms with Gasteiger partial charge >= 0.3 is 0 Å². The van der Waals surface area contributed by atoms with E-state index >= 15 is 0 Å². The topological polar surface area (TPSA) is 59.1 Å². The molecule has 0 radical (unpaired) electrons. The monoisotopic (exact) mass is 206 g/mol. The van der Waals surface area contributed by atoms with Gasteiger partial charge < -0.3 is 10.8 Å². The van der Waals surface area contributed by atoms with Crippen molar-refractivity contribution in [1.29, 1.82) is 0 Å². The van der Waals surface area contributed by atoms with Crippen LogP contribution in [-0.4, -0.2) is 22.7 Å². The molecule has 2 rings (SSSR count). The molecule has 0 amide bonds. The van der Waals surface area contributed by atoms with Gasteiger partial charge in [-0.05, 0) is 24.0 Å². The standard InChI is InChI=1S/C12H18N2O/c13-7-11(10-2-1-5-14-8-10)12(15)6-9-3-4-9/h1-2,5,8-9,11-12,15H,3-4,6-7,13H2. The van der Waals surface area contributed by atoms with Gasteiger partial charge in [-0.15, -0.1) is 0 Å². The molecule has 3 nitrogen and oxygen atoms in total. The number of pyridine rings is 1. The molecule has 1 aliphatic rings. The molecule has 2 unspecified atom stereocenters. The van der Waals surface area contributed by atoms with Crippen LogP contribution in [0.15, 0.2) is 24.5 Å². The highest BCUT2D eigenvalue weighted by atomic mass is 16.3. The Morgan fingerprint density at radius 1 is 1.53 bits per heavy atom. The van der Waals surface area contributed by atoms with Gasteiger partial charge in [-0.1, -0.05) is 18.9 Å². The molecule has 0 spiro atoms. The van der Waals surface area contributed by atoms with Crippen LogP contribution in [0.4, 0.5) is 0 Å². The number of aliphatic hydroxyl groups excluding tert-OH is 1. The van der Waals surface area contributed by atoms with Crippen molar-refractivity contribution in [3.05, 3.63) is 30.1 Å². The second kappa shape index (κ2) is 4.73. The van der Waals surface area contributed by atoms with Gasteiger partial charge in [-0.25, -0.2) is 0 Å². The Bertz CT molecular complexity index is 298. The van der Waals surface area contributed by atoms with Crippen LogP contribution in [-0.2, 0) is 0 Å². The van der Waals surface area contributed by atoms with E-state index in [0.29, 0.717) is 6.54 Å². The van der Waals surface area contributed by atoms with E-state index in [1.54, 1.807) is 12.4 Å². The summed E-state index contributed by atoms with van der Waals surface area (Å²) >= 11 is 0. The Kier molecular flexibility index (Phi) is 3.34. The lowest BCUT2D eigenvalue weighted by Crippen LogP contribution is -2.26. The van der Waals surface area contributed by atoms with Crippen molar-refractivity contribution in [2.45, 2.75) is 31.3 Å². The van der Waals surface area contributed by atoms with Crippen LogP contribution < -0.4 is 5.73 Å². The third-order valence-corrected chi connectivity index (χ3v) is 3.10. The molecule has 82 valence electrons. The molecule has 1 heterocycles. The fraction of sp³-hybridized carbons (Fsp3) is 0.583. The van der Waals surface area contributed by atoms with Gasteiger partial charge in [0.05, 0.1) is 6.10 Å². The number of hydrogen-bond acceptors (Lipinski definition) is 3. The molecule has 1 aromatic rings. The van der Waals surface area contributed by atoms with E-state index in [1.807, 2.05) is 12.1 Å². The van der Waals surface area contributed by atoms with E-state index in [0.717, 1.165) is 17.9 Å². The van der Waals surface area contributed by atoms with Crippen molar-refractivity contribution in [2.24, 2.45) is 11.7 Å². The number of rotatable bonds is 5. The molecule has 3 N–H and O–H groups in total. The minimum Gasteiger partial charge on any atom is -0.392 e. The molecule has 3 heteroatoms. The maximum absolute atomic E-state index is 10.1. The maximum Gasteiger partial charge on any atom is 0.0624 e. The summed E-state index contributed by atoms with van der Waals surface area (Å²) in [6.45, 7) is 0.486. The highest BCUT2D eigenvalue weighted by Gasteiger charge is 2.29. The minimum absolute atomic E-state index is 0.0410. The number of nitrogens with zero attached hydrogens (tertiary/aromatic N) is 1. The van der Waals surface area contributed by atoms with Crippen LogP contribution in [0.3, 0.4) is 0 Å². The van der Waals surface area contributed by atoms with Crippen LogP contribution >= 0.6 is 0 Å². The van der Waals surface area contributed by atoms with Crippen molar-refractivity contribution >= 4 is 0 Å². The molecule has 0 aromatic carbocycles. The zero-order valence-corrected chi connectivity index (χ0v) is 8.84. The summed E-state index contributed by atoms with van der Waals surface area (Å²) in [6.07, 6.45) is 6.64. The average Bonchev–Trinajstić information content (AvgIpc) is 3.04. The first kappa shape index (κ1) is 10.6. The predicted octanol–water partition coefficient (Wildman–Crippen LogP) is 1.28. The van der Waals surface area contributed by atoms with Gasteiger partial charge in [0, 0.05) is 24.9 Å². The van der Waals surface area contributed by atoms with E-state index in [-0.39, 0.29) is 12.0 Å². The summed E-state index contributed by atoms with van der Waals surface area (Å²) in [5.74, 6) is 0.769. The Labute approximate surface area is 90.3 Å². The number of hydrogen-bond donors (Lipinski definition) is 2. The lowest BCUT2D eigenvalue weighted by molar-refractivity contribution is 0.129. The highest BCUT2D eigenvalue weighted by Crippen LogP contribution is 2.36. The highest BCUT2D eigenvalue weighted by molar-refractivity contribution is 5.16. The second-order valence-corrected chi connectivity index (χ2v) is 4.37. The van der Waals surface area contributed by atoms with Crippen molar-refractivity contribution in [1.82, 2.24) is 4.98 Å². The molecule has 1 aromatic heterocycles. The summed E-state index contributed by atoms with van der Waals surface area (Å²) in [4.78, 5) is 4.06. The lowest BCUT2D eigenvalue weighted by Gasteiger charge is -2.21.